The second-order valence-electron chi connectivity index (χ2n) is 4.43. The second-order valence-corrected chi connectivity index (χ2v) is 4.70. The molecule has 0 aliphatic heterocycles. The molecule has 0 saturated carbocycles. The number of hydrogen-bond donors (Lipinski definition) is 1. The molecule has 1 amide bonds. The molecule has 0 saturated heterocycles. The maximum absolute atomic E-state index is 12.0. The molecule has 0 atom stereocenters. The molecule has 4 heteroatoms. The third kappa shape index (κ3) is 3.18. The van der Waals surface area contributed by atoms with Gasteiger partial charge in [-0.15, -0.1) is 11.6 Å². The van der Waals surface area contributed by atoms with Gasteiger partial charge >= 0.3 is 0 Å². The predicted octanol–water partition coefficient (Wildman–Crippen LogP) is 3.57. The molecule has 0 aliphatic rings. The molecule has 1 aromatic heterocycles. The van der Waals surface area contributed by atoms with E-state index in [1.165, 1.54) is 0 Å². The molecule has 1 N–H and O–H groups in total. The smallest absolute Gasteiger partial charge is 0.287 e. The highest BCUT2D eigenvalue weighted by Gasteiger charge is 2.13. The Bertz CT molecular complexity index is 590. The molecule has 0 radical (unpaired) electrons. The highest BCUT2D eigenvalue weighted by atomic mass is 35.5. The standard InChI is InChI=1S/C15H16ClNO2/c1-10-5-3-4-6-12(10)9-17-15(18)14-7-13(8-16)11(2)19-14/h3-7H,8-9H2,1-2H3,(H,17,18). The van der Waals surface area contributed by atoms with Crippen LogP contribution in [0, 0.1) is 13.8 Å². The topological polar surface area (TPSA) is 42.2 Å². The van der Waals surface area contributed by atoms with Crippen LogP contribution in [-0.4, -0.2) is 5.91 Å². The van der Waals surface area contributed by atoms with E-state index in [9.17, 15) is 4.79 Å². The quantitative estimate of drug-likeness (QED) is 0.868. The number of rotatable bonds is 4. The Labute approximate surface area is 117 Å². The van der Waals surface area contributed by atoms with Gasteiger partial charge in [-0.2, -0.15) is 0 Å². The van der Waals surface area contributed by atoms with Crippen LogP contribution in [0.25, 0.3) is 0 Å². The van der Waals surface area contributed by atoms with E-state index in [2.05, 4.69) is 5.32 Å². The SMILES string of the molecule is Cc1ccccc1CNC(=O)c1cc(CCl)c(C)o1. The summed E-state index contributed by atoms with van der Waals surface area (Å²) in [6.07, 6.45) is 0. The summed E-state index contributed by atoms with van der Waals surface area (Å²) >= 11 is 5.75. The zero-order valence-electron chi connectivity index (χ0n) is 11.0. The first kappa shape index (κ1) is 13.7. The molecule has 0 aliphatic carbocycles. The van der Waals surface area contributed by atoms with Crippen molar-refractivity contribution in [2.75, 3.05) is 0 Å². The van der Waals surface area contributed by atoms with Crippen LogP contribution >= 0.6 is 11.6 Å². The van der Waals surface area contributed by atoms with Crippen molar-refractivity contribution in [3.05, 3.63) is 58.5 Å². The summed E-state index contributed by atoms with van der Waals surface area (Å²) in [5.74, 6) is 1.13. The van der Waals surface area contributed by atoms with Gasteiger partial charge in [0.1, 0.15) is 5.76 Å². The molecule has 1 heterocycles. The Balaban J connectivity index is 2.03. The highest BCUT2D eigenvalue weighted by molar-refractivity contribution is 6.17. The zero-order chi connectivity index (χ0) is 13.8. The fourth-order valence-corrected chi connectivity index (χ4v) is 2.10. The van der Waals surface area contributed by atoms with Crippen molar-refractivity contribution in [3.63, 3.8) is 0 Å². The maximum atomic E-state index is 12.0. The molecule has 100 valence electrons. The summed E-state index contributed by atoms with van der Waals surface area (Å²) in [6, 6.07) is 9.63. The minimum absolute atomic E-state index is 0.220. The van der Waals surface area contributed by atoms with Gasteiger partial charge in [0.15, 0.2) is 5.76 Å². The molecular formula is C15H16ClNO2. The number of halogens is 1. The normalized spacial score (nSPS) is 10.5. The number of amides is 1. The van der Waals surface area contributed by atoms with Crippen molar-refractivity contribution < 1.29 is 9.21 Å². The van der Waals surface area contributed by atoms with E-state index in [1.54, 1.807) is 13.0 Å². The minimum atomic E-state index is -0.220. The van der Waals surface area contributed by atoms with E-state index in [0.717, 1.165) is 16.7 Å². The molecule has 0 fully saturated rings. The van der Waals surface area contributed by atoms with Crippen LogP contribution in [0.4, 0.5) is 0 Å². The van der Waals surface area contributed by atoms with Crippen molar-refractivity contribution in [1.29, 1.82) is 0 Å². The first-order valence-electron chi connectivity index (χ1n) is 6.09. The number of benzene rings is 1. The fraction of sp³-hybridized carbons (Fsp3) is 0.267. The summed E-state index contributed by atoms with van der Waals surface area (Å²) in [5.41, 5.74) is 3.10. The fourth-order valence-electron chi connectivity index (χ4n) is 1.84. The lowest BCUT2D eigenvalue weighted by molar-refractivity contribution is 0.0922. The van der Waals surface area contributed by atoms with E-state index >= 15 is 0 Å². The first-order chi connectivity index (χ1) is 9.11. The molecule has 0 unspecified atom stereocenters. The van der Waals surface area contributed by atoms with Crippen LogP contribution in [0.3, 0.4) is 0 Å². The average Bonchev–Trinajstić information content (AvgIpc) is 2.79. The van der Waals surface area contributed by atoms with E-state index in [4.69, 9.17) is 16.0 Å². The molecule has 3 nitrogen and oxygen atoms in total. The number of hydrogen-bond acceptors (Lipinski definition) is 2. The van der Waals surface area contributed by atoms with Gasteiger partial charge in [0.05, 0.1) is 5.88 Å². The van der Waals surface area contributed by atoms with Gasteiger partial charge in [0.2, 0.25) is 0 Å². The number of alkyl halides is 1. The summed E-state index contributed by atoms with van der Waals surface area (Å²) in [5, 5.41) is 2.84. The molecule has 1 aromatic carbocycles. The van der Waals surface area contributed by atoms with Crippen LogP contribution in [0.2, 0.25) is 0 Å². The monoisotopic (exact) mass is 277 g/mol. The zero-order valence-corrected chi connectivity index (χ0v) is 11.8. The first-order valence-corrected chi connectivity index (χ1v) is 6.63. The lowest BCUT2D eigenvalue weighted by atomic mass is 10.1. The Morgan fingerprint density at radius 3 is 2.63 bits per heavy atom. The van der Waals surface area contributed by atoms with Crippen molar-refractivity contribution >= 4 is 17.5 Å². The van der Waals surface area contributed by atoms with Crippen molar-refractivity contribution in [1.82, 2.24) is 5.32 Å². The van der Waals surface area contributed by atoms with E-state index in [-0.39, 0.29) is 5.91 Å². The third-order valence-corrected chi connectivity index (χ3v) is 3.38. The van der Waals surface area contributed by atoms with Crippen molar-refractivity contribution in [3.8, 4) is 0 Å². The highest BCUT2D eigenvalue weighted by Crippen LogP contribution is 2.16. The van der Waals surface area contributed by atoms with Gasteiger partial charge < -0.3 is 9.73 Å². The van der Waals surface area contributed by atoms with Gasteiger partial charge in [-0.3, -0.25) is 4.79 Å². The van der Waals surface area contributed by atoms with Gasteiger partial charge in [-0.25, -0.2) is 0 Å². The van der Waals surface area contributed by atoms with Gasteiger partial charge in [-0.1, -0.05) is 24.3 Å². The molecule has 2 rings (SSSR count). The summed E-state index contributed by atoms with van der Waals surface area (Å²) in [4.78, 5) is 12.0. The van der Waals surface area contributed by atoms with Gasteiger partial charge in [-0.05, 0) is 31.0 Å². The third-order valence-electron chi connectivity index (χ3n) is 3.09. The van der Waals surface area contributed by atoms with Crippen LogP contribution in [-0.2, 0) is 12.4 Å². The minimum Gasteiger partial charge on any atom is -0.456 e. The largest absolute Gasteiger partial charge is 0.456 e. The van der Waals surface area contributed by atoms with E-state index in [1.807, 2.05) is 31.2 Å². The van der Waals surface area contributed by atoms with Crippen molar-refractivity contribution in [2.45, 2.75) is 26.3 Å². The van der Waals surface area contributed by atoms with Crippen molar-refractivity contribution in [2.24, 2.45) is 0 Å². The molecular weight excluding hydrogens is 262 g/mol. The Kier molecular flexibility index (Phi) is 4.27. The van der Waals surface area contributed by atoms with Gasteiger partial charge in [0.25, 0.3) is 5.91 Å². The Morgan fingerprint density at radius 1 is 1.26 bits per heavy atom. The lowest BCUT2D eigenvalue weighted by Gasteiger charge is -2.06. The van der Waals surface area contributed by atoms with E-state index in [0.29, 0.717) is 23.9 Å². The molecule has 19 heavy (non-hydrogen) atoms. The van der Waals surface area contributed by atoms with Crippen LogP contribution in [0.15, 0.2) is 34.7 Å². The van der Waals surface area contributed by atoms with E-state index < -0.39 is 0 Å². The molecule has 0 spiro atoms. The maximum Gasteiger partial charge on any atom is 0.287 e. The average molecular weight is 278 g/mol. The van der Waals surface area contributed by atoms with Crippen LogP contribution < -0.4 is 5.32 Å². The summed E-state index contributed by atoms with van der Waals surface area (Å²) in [6.45, 7) is 4.31. The summed E-state index contributed by atoms with van der Waals surface area (Å²) < 4.78 is 5.39. The van der Waals surface area contributed by atoms with Crippen LogP contribution in [0.1, 0.15) is 33.0 Å². The number of nitrogens with one attached hydrogen (secondary N) is 1. The van der Waals surface area contributed by atoms with Gasteiger partial charge in [0, 0.05) is 12.1 Å². The molecule has 0 bridgehead atoms. The Morgan fingerprint density at radius 2 is 2.00 bits per heavy atom. The number of carbonyl (C=O) groups is 1. The summed E-state index contributed by atoms with van der Waals surface area (Å²) in [7, 11) is 0. The number of furan rings is 1. The number of aryl methyl sites for hydroxylation is 2. The Hall–Kier alpha value is -1.74. The number of carbonyl (C=O) groups excluding carboxylic acids is 1. The predicted molar refractivity (Wildman–Crippen MR) is 75.4 cm³/mol. The van der Waals surface area contributed by atoms with Crippen LogP contribution in [0.5, 0.6) is 0 Å². The lowest BCUT2D eigenvalue weighted by Crippen LogP contribution is -2.22. The molecule has 2 aromatic rings. The second kappa shape index (κ2) is 5.93.